The number of hydrogen-bond acceptors (Lipinski definition) is 3. The summed E-state index contributed by atoms with van der Waals surface area (Å²) in [6, 6.07) is 18.0. The van der Waals surface area contributed by atoms with E-state index in [1.807, 2.05) is 35.0 Å². The van der Waals surface area contributed by atoms with Crippen LogP contribution >= 0.6 is 0 Å². The molecule has 1 aromatic heterocycles. The predicted octanol–water partition coefficient (Wildman–Crippen LogP) is 0.0901. The van der Waals surface area contributed by atoms with Gasteiger partial charge in [0.1, 0.15) is 31.5 Å². The number of nitrogens with one attached hydrogen (secondary N) is 2. The standard InChI is InChI=1S/C23H27FN6/c24-21-11-5-4-10-20(21)22(29-16-15-28-13-6-9-19(28)17-29)23-25-26-27-30(23)14-12-18-7-2-1-3-8-18/h1-5,7-8,10-11,19,22H,6,9,12-17H2/p+2/t19-,22-/m1/s1. The van der Waals surface area contributed by atoms with Gasteiger partial charge in [-0.3, -0.25) is 0 Å². The molecule has 2 aromatic carbocycles. The molecule has 6 nitrogen and oxygen atoms in total. The Morgan fingerprint density at radius 1 is 1.03 bits per heavy atom. The van der Waals surface area contributed by atoms with Gasteiger partial charge in [0.2, 0.25) is 5.82 Å². The maximum absolute atomic E-state index is 14.9. The number of quaternary nitrogens is 2. The maximum Gasteiger partial charge on any atom is 0.214 e. The third-order valence-corrected chi connectivity index (χ3v) is 6.80. The van der Waals surface area contributed by atoms with Crippen LogP contribution in [0.15, 0.2) is 54.6 Å². The zero-order valence-electron chi connectivity index (χ0n) is 17.2. The smallest absolute Gasteiger partial charge is 0.214 e. The first-order chi connectivity index (χ1) is 14.8. The summed E-state index contributed by atoms with van der Waals surface area (Å²) in [4.78, 5) is 3.10. The number of benzene rings is 2. The Labute approximate surface area is 176 Å². The van der Waals surface area contributed by atoms with Crippen molar-refractivity contribution in [2.24, 2.45) is 0 Å². The molecule has 2 saturated heterocycles. The number of fused-ring (bicyclic) bond motifs is 1. The second kappa shape index (κ2) is 8.62. The van der Waals surface area contributed by atoms with E-state index in [9.17, 15) is 4.39 Å². The van der Waals surface area contributed by atoms with Crippen LogP contribution in [0.1, 0.15) is 35.8 Å². The van der Waals surface area contributed by atoms with Gasteiger partial charge in [-0.1, -0.05) is 42.5 Å². The number of aryl methyl sites for hydroxylation is 2. The molecule has 2 aliphatic heterocycles. The molecule has 3 aromatic rings. The highest BCUT2D eigenvalue weighted by Gasteiger charge is 2.43. The molecule has 0 amide bonds. The molecule has 5 rings (SSSR count). The van der Waals surface area contributed by atoms with Crippen LogP contribution in [0, 0.1) is 5.82 Å². The van der Waals surface area contributed by atoms with Gasteiger partial charge in [-0.2, -0.15) is 0 Å². The molecular weight excluding hydrogens is 379 g/mol. The van der Waals surface area contributed by atoms with Gasteiger partial charge >= 0.3 is 0 Å². The molecule has 0 spiro atoms. The Kier molecular flexibility index (Phi) is 5.55. The number of hydrogen-bond donors (Lipinski definition) is 2. The largest absolute Gasteiger partial charge is 0.323 e. The van der Waals surface area contributed by atoms with Gasteiger partial charge in [0.05, 0.1) is 12.1 Å². The maximum atomic E-state index is 14.9. The topological polar surface area (TPSA) is 52.5 Å². The zero-order valence-corrected chi connectivity index (χ0v) is 17.2. The highest BCUT2D eigenvalue weighted by molar-refractivity contribution is 5.24. The van der Waals surface area contributed by atoms with Gasteiger partial charge in [0.15, 0.2) is 6.04 Å². The minimum atomic E-state index is -0.181. The van der Waals surface area contributed by atoms with Gasteiger partial charge < -0.3 is 9.80 Å². The van der Waals surface area contributed by atoms with Gasteiger partial charge in [-0.05, 0) is 34.5 Å². The lowest BCUT2D eigenvalue weighted by atomic mass is 10.0. The molecule has 156 valence electrons. The molecule has 0 bridgehead atoms. The molecule has 2 fully saturated rings. The van der Waals surface area contributed by atoms with Crippen LogP contribution in [-0.2, 0) is 13.0 Å². The van der Waals surface area contributed by atoms with E-state index in [1.54, 1.807) is 17.0 Å². The molecule has 4 atom stereocenters. The third kappa shape index (κ3) is 3.87. The number of rotatable bonds is 6. The second-order valence-electron chi connectivity index (χ2n) is 8.56. The fourth-order valence-corrected chi connectivity index (χ4v) is 5.27. The summed E-state index contributed by atoms with van der Waals surface area (Å²) in [5, 5.41) is 12.7. The molecule has 3 heterocycles. The van der Waals surface area contributed by atoms with E-state index in [0.29, 0.717) is 18.2 Å². The first kappa shape index (κ1) is 19.3. The van der Waals surface area contributed by atoms with E-state index in [4.69, 9.17) is 0 Å². The van der Waals surface area contributed by atoms with Crippen LogP contribution in [0.4, 0.5) is 4.39 Å². The summed E-state index contributed by atoms with van der Waals surface area (Å²) in [7, 11) is 0. The SMILES string of the molecule is Fc1ccccc1[C@H](c1nnnn1CCc1ccccc1)[NH+]1CC[NH+]2CCC[C@@H]2C1. The van der Waals surface area contributed by atoms with Gasteiger partial charge in [-0.15, -0.1) is 5.10 Å². The molecule has 0 radical (unpaired) electrons. The van der Waals surface area contributed by atoms with Crippen LogP contribution in [0.3, 0.4) is 0 Å². The fraction of sp³-hybridized carbons (Fsp3) is 0.435. The van der Waals surface area contributed by atoms with Crippen LogP contribution in [-0.4, -0.2) is 52.4 Å². The molecule has 30 heavy (non-hydrogen) atoms. The van der Waals surface area contributed by atoms with Crippen molar-refractivity contribution >= 4 is 0 Å². The van der Waals surface area contributed by atoms with E-state index >= 15 is 0 Å². The predicted molar refractivity (Wildman–Crippen MR) is 111 cm³/mol. The highest BCUT2D eigenvalue weighted by atomic mass is 19.1. The Bertz CT molecular complexity index is 975. The monoisotopic (exact) mass is 408 g/mol. The summed E-state index contributed by atoms with van der Waals surface area (Å²) in [5.41, 5.74) is 1.95. The van der Waals surface area contributed by atoms with Gasteiger partial charge in [0.25, 0.3) is 0 Å². The first-order valence-corrected chi connectivity index (χ1v) is 11.0. The van der Waals surface area contributed by atoms with E-state index in [-0.39, 0.29) is 11.9 Å². The summed E-state index contributed by atoms with van der Waals surface area (Å²) in [5.74, 6) is 0.598. The lowest BCUT2D eigenvalue weighted by molar-refractivity contribution is -1.03. The quantitative estimate of drug-likeness (QED) is 0.608. The Hall–Kier alpha value is -2.64. The van der Waals surface area contributed by atoms with Crippen molar-refractivity contribution in [1.29, 1.82) is 0 Å². The van der Waals surface area contributed by atoms with Crippen molar-refractivity contribution in [3.63, 3.8) is 0 Å². The van der Waals surface area contributed by atoms with Crippen molar-refractivity contribution in [1.82, 2.24) is 20.2 Å². The highest BCUT2D eigenvalue weighted by Crippen LogP contribution is 2.21. The first-order valence-electron chi connectivity index (χ1n) is 11.0. The van der Waals surface area contributed by atoms with E-state index < -0.39 is 0 Å². The van der Waals surface area contributed by atoms with Crippen LogP contribution in [0.2, 0.25) is 0 Å². The van der Waals surface area contributed by atoms with Crippen molar-refractivity contribution in [3.05, 3.63) is 77.4 Å². The molecule has 7 heteroatoms. The minimum absolute atomic E-state index is 0.172. The normalized spacial score (nSPS) is 24.5. The van der Waals surface area contributed by atoms with Crippen molar-refractivity contribution in [2.45, 2.75) is 37.9 Å². The average Bonchev–Trinajstić information content (AvgIpc) is 3.44. The Morgan fingerprint density at radius 3 is 2.73 bits per heavy atom. The van der Waals surface area contributed by atoms with Crippen molar-refractivity contribution in [3.8, 4) is 0 Å². The third-order valence-electron chi connectivity index (χ3n) is 6.80. The molecule has 2 aliphatic rings. The molecule has 2 unspecified atom stereocenters. The average molecular weight is 409 g/mol. The molecule has 2 N–H and O–H groups in total. The number of piperazine rings is 1. The Morgan fingerprint density at radius 2 is 1.87 bits per heavy atom. The van der Waals surface area contributed by atoms with Crippen LogP contribution < -0.4 is 9.80 Å². The summed E-state index contributed by atoms with van der Waals surface area (Å²) in [6.07, 6.45) is 3.41. The number of nitrogens with zero attached hydrogens (tertiary/aromatic N) is 4. The zero-order chi connectivity index (χ0) is 20.3. The van der Waals surface area contributed by atoms with E-state index in [0.717, 1.165) is 31.9 Å². The van der Waals surface area contributed by atoms with E-state index in [2.05, 4.69) is 27.7 Å². The lowest BCUT2D eigenvalue weighted by Gasteiger charge is -2.36. The number of halogens is 1. The number of tetrazole rings is 1. The number of aromatic nitrogens is 4. The Balaban J connectivity index is 1.45. The van der Waals surface area contributed by atoms with Crippen molar-refractivity contribution < 1.29 is 14.2 Å². The van der Waals surface area contributed by atoms with Gasteiger partial charge in [-0.25, -0.2) is 9.07 Å². The van der Waals surface area contributed by atoms with Crippen LogP contribution in [0.25, 0.3) is 0 Å². The molecular formula is C23H29FN6+2. The molecule has 0 saturated carbocycles. The minimum Gasteiger partial charge on any atom is -0.323 e. The van der Waals surface area contributed by atoms with E-state index in [1.165, 1.54) is 29.8 Å². The molecule has 0 aliphatic carbocycles. The van der Waals surface area contributed by atoms with Crippen molar-refractivity contribution in [2.75, 3.05) is 26.2 Å². The summed E-state index contributed by atoms with van der Waals surface area (Å²) in [6.45, 7) is 5.15. The lowest BCUT2D eigenvalue weighted by Crippen LogP contribution is -3.29. The van der Waals surface area contributed by atoms with Crippen LogP contribution in [0.5, 0.6) is 0 Å². The fourth-order valence-electron chi connectivity index (χ4n) is 5.27. The second-order valence-corrected chi connectivity index (χ2v) is 8.56. The van der Waals surface area contributed by atoms with Gasteiger partial charge in [0, 0.05) is 19.4 Å². The summed E-state index contributed by atoms with van der Waals surface area (Å²) < 4.78 is 16.8. The summed E-state index contributed by atoms with van der Waals surface area (Å²) >= 11 is 0.